The third-order valence-corrected chi connectivity index (χ3v) is 3.14. The van der Waals surface area contributed by atoms with Crippen molar-refractivity contribution < 1.29 is 23.1 Å². The van der Waals surface area contributed by atoms with Crippen molar-refractivity contribution in [1.29, 1.82) is 0 Å². The highest BCUT2D eigenvalue weighted by Gasteiger charge is 2.29. The summed E-state index contributed by atoms with van der Waals surface area (Å²) in [4.78, 5) is 11.1. The highest BCUT2D eigenvalue weighted by Crippen LogP contribution is 2.37. The van der Waals surface area contributed by atoms with E-state index in [1.54, 1.807) is 13.8 Å². The molecule has 19 heavy (non-hydrogen) atoms. The van der Waals surface area contributed by atoms with Crippen LogP contribution in [0.5, 0.6) is 0 Å². The van der Waals surface area contributed by atoms with Crippen molar-refractivity contribution in [2.75, 3.05) is 0 Å². The standard InChI is InChI=1S/C12H13F3O2S.ClH/c1-7(2)10(11(16)17)8-3-5-9(6-4-8)18-12(13,14)15;/h3-7,10H,1-2H3,(H,16,17);1H. The van der Waals surface area contributed by atoms with Gasteiger partial charge in [-0.1, -0.05) is 26.0 Å². The zero-order valence-electron chi connectivity index (χ0n) is 10.3. The van der Waals surface area contributed by atoms with Gasteiger partial charge in [-0.05, 0) is 35.4 Å². The van der Waals surface area contributed by atoms with Gasteiger partial charge in [-0.3, -0.25) is 4.79 Å². The monoisotopic (exact) mass is 314 g/mol. The number of hydrogen-bond acceptors (Lipinski definition) is 2. The van der Waals surface area contributed by atoms with Gasteiger partial charge in [0.05, 0.1) is 5.92 Å². The van der Waals surface area contributed by atoms with E-state index in [4.69, 9.17) is 5.11 Å². The van der Waals surface area contributed by atoms with Crippen molar-refractivity contribution in [3.05, 3.63) is 29.8 Å². The van der Waals surface area contributed by atoms with Crippen molar-refractivity contribution in [1.82, 2.24) is 0 Å². The van der Waals surface area contributed by atoms with Crippen LogP contribution >= 0.6 is 24.2 Å². The SMILES string of the molecule is CC(C)C(C(=O)O)c1ccc(SC(F)(F)F)cc1.Cl. The lowest BCUT2D eigenvalue weighted by Crippen LogP contribution is -2.17. The number of benzene rings is 1. The fourth-order valence-corrected chi connectivity index (χ4v) is 2.23. The average molecular weight is 315 g/mol. The third-order valence-electron chi connectivity index (χ3n) is 2.41. The molecule has 0 radical (unpaired) electrons. The Labute approximate surface area is 119 Å². The van der Waals surface area contributed by atoms with E-state index in [0.717, 1.165) is 0 Å². The van der Waals surface area contributed by atoms with Crippen LogP contribution in [0.1, 0.15) is 25.3 Å². The summed E-state index contributed by atoms with van der Waals surface area (Å²) in [7, 11) is 0. The first-order valence-corrected chi connectivity index (χ1v) is 6.11. The van der Waals surface area contributed by atoms with E-state index in [-0.39, 0.29) is 35.0 Å². The summed E-state index contributed by atoms with van der Waals surface area (Å²) in [5.74, 6) is -1.79. The molecule has 1 N–H and O–H groups in total. The van der Waals surface area contributed by atoms with Gasteiger partial charge in [-0.2, -0.15) is 13.2 Å². The Kier molecular flexibility index (Phi) is 6.72. The Bertz CT molecular complexity index is 418. The molecular formula is C12H14ClF3O2S. The predicted molar refractivity (Wildman–Crippen MR) is 70.8 cm³/mol. The average Bonchev–Trinajstić information content (AvgIpc) is 2.17. The Morgan fingerprint density at radius 3 is 2.00 bits per heavy atom. The summed E-state index contributed by atoms with van der Waals surface area (Å²) in [5, 5.41) is 9.07. The topological polar surface area (TPSA) is 37.3 Å². The molecule has 0 aromatic heterocycles. The maximum absolute atomic E-state index is 12.1. The van der Waals surface area contributed by atoms with Gasteiger partial charge in [-0.15, -0.1) is 12.4 Å². The second-order valence-electron chi connectivity index (χ2n) is 4.18. The van der Waals surface area contributed by atoms with Crippen molar-refractivity contribution in [2.45, 2.75) is 30.2 Å². The lowest BCUT2D eigenvalue weighted by atomic mass is 9.89. The van der Waals surface area contributed by atoms with Gasteiger partial charge in [0, 0.05) is 4.90 Å². The van der Waals surface area contributed by atoms with E-state index in [1.807, 2.05) is 0 Å². The summed E-state index contributed by atoms with van der Waals surface area (Å²) >= 11 is -0.209. The van der Waals surface area contributed by atoms with E-state index < -0.39 is 17.4 Å². The lowest BCUT2D eigenvalue weighted by molar-refractivity contribution is -0.139. The minimum atomic E-state index is -4.33. The Balaban J connectivity index is 0.00000324. The van der Waals surface area contributed by atoms with Crippen LogP contribution in [0.15, 0.2) is 29.2 Å². The van der Waals surface area contributed by atoms with Crippen LogP contribution in [-0.4, -0.2) is 16.6 Å². The van der Waals surface area contributed by atoms with Crippen LogP contribution in [-0.2, 0) is 4.79 Å². The number of alkyl halides is 3. The van der Waals surface area contributed by atoms with E-state index in [9.17, 15) is 18.0 Å². The number of carboxylic acid groups (broad SMARTS) is 1. The summed E-state index contributed by atoms with van der Waals surface area (Å²) in [6.45, 7) is 3.52. The predicted octanol–water partition coefficient (Wildman–Crippen LogP) is 4.54. The van der Waals surface area contributed by atoms with E-state index in [1.165, 1.54) is 24.3 Å². The molecule has 0 aliphatic rings. The lowest BCUT2D eigenvalue weighted by Gasteiger charge is -2.17. The first-order valence-electron chi connectivity index (χ1n) is 5.29. The molecule has 0 bridgehead atoms. The van der Waals surface area contributed by atoms with Gasteiger partial charge in [0.2, 0.25) is 0 Å². The molecule has 1 aromatic carbocycles. The highest BCUT2D eigenvalue weighted by molar-refractivity contribution is 8.00. The summed E-state index contributed by atoms with van der Waals surface area (Å²) in [5.41, 5.74) is -3.81. The Morgan fingerprint density at radius 1 is 1.21 bits per heavy atom. The second-order valence-corrected chi connectivity index (χ2v) is 5.32. The first-order chi connectivity index (χ1) is 8.20. The zero-order valence-corrected chi connectivity index (χ0v) is 11.9. The van der Waals surface area contributed by atoms with Gasteiger partial charge >= 0.3 is 11.5 Å². The first kappa shape index (κ1) is 18.1. The Hall–Kier alpha value is -0.880. The van der Waals surface area contributed by atoms with Gasteiger partial charge in [-0.25, -0.2) is 0 Å². The van der Waals surface area contributed by atoms with E-state index in [0.29, 0.717) is 5.56 Å². The normalized spacial score (nSPS) is 12.9. The molecule has 1 unspecified atom stereocenters. The summed E-state index contributed by atoms with van der Waals surface area (Å²) in [6, 6.07) is 5.47. The third kappa shape index (κ3) is 5.74. The van der Waals surface area contributed by atoms with Crippen LogP contribution in [0.3, 0.4) is 0 Å². The Morgan fingerprint density at radius 2 is 1.68 bits per heavy atom. The van der Waals surface area contributed by atoms with Crippen LogP contribution in [0, 0.1) is 5.92 Å². The highest BCUT2D eigenvalue weighted by atomic mass is 35.5. The summed E-state index contributed by atoms with van der Waals surface area (Å²) in [6.07, 6.45) is 0. The molecule has 0 aliphatic carbocycles. The number of halogens is 4. The number of rotatable bonds is 4. The maximum Gasteiger partial charge on any atom is 0.446 e. The van der Waals surface area contributed by atoms with Crippen LogP contribution in [0.25, 0.3) is 0 Å². The van der Waals surface area contributed by atoms with Crippen molar-refractivity contribution in [3.63, 3.8) is 0 Å². The van der Waals surface area contributed by atoms with E-state index >= 15 is 0 Å². The quantitative estimate of drug-likeness (QED) is 0.829. The van der Waals surface area contributed by atoms with Crippen molar-refractivity contribution >= 4 is 30.1 Å². The molecule has 0 spiro atoms. The minimum Gasteiger partial charge on any atom is -0.481 e. The number of thioether (sulfide) groups is 1. The molecule has 0 saturated carbocycles. The number of hydrogen-bond donors (Lipinski definition) is 1. The molecule has 0 heterocycles. The largest absolute Gasteiger partial charge is 0.481 e. The van der Waals surface area contributed by atoms with Crippen LogP contribution in [0.4, 0.5) is 13.2 Å². The molecule has 7 heteroatoms. The fourth-order valence-electron chi connectivity index (χ4n) is 1.69. The molecule has 0 amide bonds. The maximum atomic E-state index is 12.1. The minimum absolute atomic E-state index is 0. The number of carboxylic acids is 1. The molecule has 108 valence electrons. The van der Waals surface area contributed by atoms with E-state index in [2.05, 4.69) is 0 Å². The molecule has 1 aromatic rings. The van der Waals surface area contributed by atoms with Crippen LogP contribution < -0.4 is 0 Å². The summed E-state index contributed by atoms with van der Waals surface area (Å²) < 4.78 is 36.4. The fraction of sp³-hybridized carbons (Fsp3) is 0.417. The molecule has 0 saturated heterocycles. The van der Waals surface area contributed by atoms with Gasteiger partial charge < -0.3 is 5.11 Å². The molecule has 1 atom stereocenters. The van der Waals surface area contributed by atoms with Crippen molar-refractivity contribution in [2.24, 2.45) is 5.92 Å². The van der Waals surface area contributed by atoms with Crippen molar-refractivity contribution in [3.8, 4) is 0 Å². The van der Waals surface area contributed by atoms with Gasteiger partial charge in [0.15, 0.2) is 0 Å². The van der Waals surface area contributed by atoms with Gasteiger partial charge in [0.25, 0.3) is 0 Å². The molecule has 1 rings (SSSR count). The second kappa shape index (κ2) is 7.05. The molecule has 0 aliphatic heterocycles. The van der Waals surface area contributed by atoms with Gasteiger partial charge in [0.1, 0.15) is 0 Å². The molecular weight excluding hydrogens is 301 g/mol. The van der Waals surface area contributed by atoms with Crippen LogP contribution in [0.2, 0.25) is 0 Å². The molecule has 0 fully saturated rings. The number of aliphatic carboxylic acids is 1. The zero-order chi connectivity index (χ0) is 13.9. The number of carbonyl (C=O) groups is 1. The smallest absolute Gasteiger partial charge is 0.446 e. The molecule has 2 nitrogen and oxygen atoms in total.